The molecule has 0 bridgehead atoms. The Morgan fingerprint density at radius 3 is 2.71 bits per heavy atom. The predicted octanol–water partition coefficient (Wildman–Crippen LogP) is 0.623. The number of sulfone groups is 1. The zero-order valence-electron chi connectivity index (χ0n) is 8.01. The molecule has 1 unspecified atom stereocenters. The van der Waals surface area contributed by atoms with Gasteiger partial charge in [0.25, 0.3) is 0 Å². The van der Waals surface area contributed by atoms with Gasteiger partial charge in [0.05, 0.1) is 17.7 Å². The Bertz CT molecular complexity index is 399. The Morgan fingerprint density at radius 2 is 2.29 bits per heavy atom. The van der Waals surface area contributed by atoms with Crippen LogP contribution in [0.1, 0.15) is 18.0 Å². The van der Waals surface area contributed by atoms with Gasteiger partial charge < -0.3 is 0 Å². The molecular formula is C7H12ClN3O2S. The smallest absolute Gasteiger partial charge is 0.149 e. The standard InChI is InChI=1S/C7H12ClN3O2S/c1-6(8)7-5-11(10-9-7)3-4-14(2,12)13/h5-6H,3-4H2,1-2H3. The number of hydrogen-bond acceptors (Lipinski definition) is 4. The molecule has 1 rings (SSSR count). The summed E-state index contributed by atoms with van der Waals surface area (Å²) < 4.78 is 23.2. The molecule has 5 nitrogen and oxygen atoms in total. The van der Waals surface area contributed by atoms with Crippen molar-refractivity contribution in [2.45, 2.75) is 18.8 Å². The molecule has 80 valence electrons. The largest absolute Gasteiger partial charge is 0.251 e. The summed E-state index contributed by atoms with van der Waals surface area (Å²) in [6, 6.07) is 0. The summed E-state index contributed by atoms with van der Waals surface area (Å²) in [5.41, 5.74) is 0.653. The van der Waals surface area contributed by atoms with Crippen molar-refractivity contribution in [3.05, 3.63) is 11.9 Å². The van der Waals surface area contributed by atoms with Crippen LogP contribution in [-0.4, -0.2) is 35.4 Å². The van der Waals surface area contributed by atoms with Crippen LogP contribution in [0.3, 0.4) is 0 Å². The summed E-state index contributed by atoms with van der Waals surface area (Å²) in [6.45, 7) is 2.10. The minimum atomic E-state index is -2.95. The Morgan fingerprint density at radius 1 is 1.64 bits per heavy atom. The minimum absolute atomic E-state index is 0.0620. The van der Waals surface area contributed by atoms with Gasteiger partial charge in [-0.3, -0.25) is 4.68 Å². The Labute approximate surface area is 88.0 Å². The second-order valence-electron chi connectivity index (χ2n) is 3.15. The van der Waals surface area contributed by atoms with E-state index in [4.69, 9.17) is 11.6 Å². The van der Waals surface area contributed by atoms with Crippen LogP contribution in [0.2, 0.25) is 0 Å². The summed E-state index contributed by atoms with van der Waals surface area (Å²) in [5, 5.41) is 7.35. The van der Waals surface area contributed by atoms with Gasteiger partial charge in [-0.05, 0) is 6.92 Å². The van der Waals surface area contributed by atoms with Gasteiger partial charge in [-0.2, -0.15) is 0 Å². The highest BCUT2D eigenvalue weighted by Crippen LogP contribution is 2.15. The first-order chi connectivity index (χ1) is 6.38. The Kier molecular flexibility index (Phi) is 3.49. The molecule has 0 N–H and O–H groups in total. The van der Waals surface area contributed by atoms with Crippen LogP contribution < -0.4 is 0 Å². The monoisotopic (exact) mass is 237 g/mol. The van der Waals surface area contributed by atoms with Gasteiger partial charge in [-0.1, -0.05) is 5.21 Å². The van der Waals surface area contributed by atoms with Gasteiger partial charge in [-0.25, -0.2) is 8.42 Å². The van der Waals surface area contributed by atoms with E-state index in [0.717, 1.165) is 0 Å². The van der Waals surface area contributed by atoms with Crippen molar-refractivity contribution in [2.75, 3.05) is 12.0 Å². The number of nitrogens with zero attached hydrogens (tertiary/aromatic N) is 3. The number of aryl methyl sites for hydroxylation is 1. The maximum atomic E-state index is 10.9. The summed E-state index contributed by atoms with van der Waals surface area (Å²) in [7, 11) is -2.95. The van der Waals surface area contributed by atoms with E-state index in [0.29, 0.717) is 12.2 Å². The van der Waals surface area contributed by atoms with Gasteiger partial charge in [0.1, 0.15) is 15.5 Å². The van der Waals surface area contributed by atoms with E-state index in [1.807, 2.05) is 0 Å². The molecule has 7 heteroatoms. The lowest BCUT2D eigenvalue weighted by Crippen LogP contribution is -2.11. The maximum Gasteiger partial charge on any atom is 0.149 e. The number of alkyl halides is 1. The molecule has 0 radical (unpaired) electrons. The van der Waals surface area contributed by atoms with E-state index >= 15 is 0 Å². The van der Waals surface area contributed by atoms with Gasteiger partial charge in [0, 0.05) is 12.5 Å². The molecular weight excluding hydrogens is 226 g/mol. The number of halogens is 1. The van der Waals surface area contributed by atoms with Crippen molar-refractivity contribution in [3.63, 3.8) is 0 Å². The second kappa shape index (κ2) is 4.27. The molecule has 0 amide bonds. The fourth-order valence-electron chi connectivity index (χ4n) is 0.864. The van der Waals surface area contributed by atoms with Crippen LogP contribution in [0.4, 0.5) is 0 Å². The highest BCUT2D eigenvalue weighted by Gasteiger charge is 2.08. The molecule has 0 aliphatic heterocycles. The molecule has 0 aliphatic rings. The van der Waals surface area contributed by atoms with Gasteiger partial charge in [-0.15, -0.1) is 16.7 Å². The average molecular weight is 238 g/mol. The van der Waals surface area contributed by atoms with Crippen molar-refractivity contribution in [1.82, 2.24) is 15.0 Å². The lowest BCUT2D eigenvalue weighted by molar-refractivity contribution is 0.579. The van der Waals surface area contributed by atoms with Crippen LogP contribution in [-0.2, 0) is 16.4 Å². The van der Waals surface area contributed by atoms with Crippen LogP contribution in [0.5, 0.6) is 0 Å². The topological polar surface area (TPSA) is 64.8 Å². The molecule has 0 aliphatic carbocycles. The third kappa shape index (κ3) is 3.63. The van der Waals surface area contributed by atoms with Gasteiger partial charge in [0.2, 0.25) is 0 Å². The van der Waals surface area contributed by atoms with E-state index in [9.17, 15) is 8.42 Å². The average Bonchev–Trinajstić information content (AvgIpc) is 2.47. The molecule has 0 fully saturated rings. The summed E-state index contributed by atoms with van der Waals surface area (Å²) in [5.74, 6) is 0.0620. The lowest BCUT2D eigenvalue weighted by atomic mass is 10.4. The SMILES string of the molecule is CC(Cl)c1cn(CCS(C)(=O)=O)nn1. The van der Waals surface area contributed by atoms with Crippen LogP contribution in [0, 0.1) is 0 Å². The number of hydrogen-bond donors (Lipinski definition) is 0. The van der Waals surface area contributed by atoms with Gasteiger partial charge in [0.15, 0.2) is 0 Å². The van der Waals surface area contributed by atoms with Gasteiger partial charge >= 0.3 is 0 Å². The predicted molar refractivity (Wildman–Crippen MR) is 54.0 cm³/mol. The van der Waals surface area contributed by atoms with E-state index in [2.05, 4.69) is 10.3 Å². The van der Waals surface area contributed by atoms with Crippen molar-refractivity contribution in [3.8, 4) is 0 Å². The minimum Gasteiger partial charge on any atom is -0.251 e. The molecule has 1 heterocycles. The highest BCUT2D eigenvalue weighted by atomic mass is 35.5. The van der Waals surface area contributed by atoms with Crippen LogP contribution in [0.15, 0.2) is 6.20 Å². The fraction of sp³-hybridized carbons (Fsp3) is 0.714. The van der Waals surface area contributed by atoms with E-state index in [1.54, 1.807) is 13.1 Å². The first-order valence-corrected chi connectivity index (χ1v) is 6.60. The fourth-order valence-corrected chi connectivity index (χ4v) is 1.48. The number of rotatable bonds is 4. The summed E-state index contributed by atoms with van der Waals surface area (Å²) in [4.78, 5) is 0. The van der Waals surface area contributed by atoms with Crippen molar-refractivity contribution < 1.29 is 8.42 Å². The van der Waals surface area contributed by atoms with Crippen LogP contribution in [0.25, 0.3) is 0 Å². The Hall–Kier alpha value is -0.620. The maximum absolute atomic E-state index is 10.9. The van der Waals surface area contributed by atoms with Crippen LogP contribution >= 0.6 is 11.6 Å². The molecule has 0 saturated heterocycles. The molecule has 1 atom stereocenters. The normalized spacial score (nSPS) is 14.2. The second-order valence-corrected chi connectivity index (χ2v) is 6.07. The molecule has 1 aromatic rings. The summed E-state index contributed by atoms with van der Waals surface area (Å²) >= 11 is 5.77. The Balaban J connectivity index is 2.61. The third-order valence-electron chi connectivity index (χ3n) is 1.66. The summed E-state index contributed by atoms with van der Waals surface area (Å²) in [6.07, 6.45) is 2.85. The first-order valence-electron chi connectivity index (χ1n) is 4.10. The zero-order chi connectivity index (χ0) is 10.8. The van der Waals surface area contributed by atoms with E-state index in [-0.39, 0.29) is 11.1 Å². The molecule has 1 aromatic heterocycles. The lowest BCUT2D eigenvalue weighted by Gasteiger charge is -1.97. The molecule has 0 spiro atoms. The third-order valence-corrected chi connectivity index (χ3v) is 2.80. The molecule has 0 saturated carbocycles. The quantitative estimate of drug-likeness (QED) is 0.721. The zero-order valence-corrected chi connectivity index (χ0v) is 9.59. The van der Waals surface area contributed by atoms with Crippen molar-refractivity contribution >= 4 is 21.4 Å². The van der Waals surface area contributed by atoms with Crippen molar-refractivity contribution in [1.29, 1.82) is 0 Å². The molecule has 14 heavy (non-hydrogen) atoms. The highest BCUT2D eigenvalue weighted by molar-refractivity contribution is 7.90. The number of aromatic nitrogens is 3. The molecule has 0 aromatic carbocycles. The van der Waals surface area contributed by atoms with E-state index < -0.39 is 9.84 Å². The first kappa shape index (κ1) is 11.5. The van der Waals surface area contributed by atoms with Crippen molar-refractivity contribution in [2.24, 2.45) is 0 Å². The van der Waals surface area contributed by atoms with E-state index in [1.165, 1.54) is 10.9 Å².